The monoisotopic (exact) mass is 822 g/mol. The van der Waals surface area contributed by atoms with Crippen molar-refractivity contribution in [3.8, 4) is 0 Å². The summed E-state index contributed by atoms with van der Waals surface area (Å²) in [6.07, 6.45) is 44.7. The molecule has 0 saturated heterocycles. The fourth-order valence-electron chi connectivity index (χ4n) is 8.00. The van der Waals surface area contributed by atoms with Gasteiger partial charge in [0.05, 0.1) is 5.41 Å². The van der Waals surface area contributed by atoms with Gasteiger partial charge < -0.3 is 19.1 Å². The first-order chi connectivity index (χ1) is 28.3. The average molecular weight is 822 g/mol. The highest BCUT2D eigenvalue weighted by molar-refractivity contribution is 5.70. The molecule has 0 rings (SSSR count). The minimum atomic E-state index is -0.824. The highest BCUT2D eigenvalue weighted by atomic mass is 16.6. The lowest BCUT2D eigenvalue weighted by molar-refractivity contribution is -0.163. The van der Waals surface area contributed by atoms with Crippen LogP contribution in [0.1, 0.15) is 265 Å². The van der Waals surface area contributed by atoms with Crippen LogP contribution in [0.15, 0.2) is 0 Å². The van der Waals surface area contributed by atoms with E-state index in [1.54, 1.807) is 0 Å². The van der Waals surface area contributed by atoms with E-state index < -0.39 is 5.41 Å². The average Bonchev–Trinajstić information content (AvgIpc) is 3.21. The lowest BCUT2D eigenvalue weighted by Crippen LogP contribution is -2.46. The van der Waals surface area contributed by atoms with E-state index >= 15 is 0 Å². The van der Waals surface area contributed by atoms with Crippen LogP contribution in [0.4, 0.5) is 0 Å². The normalized spacial score (nSPS) is 11.7. The minimum absolute atomic E-state index is 0.0547. The number of hydrogen-bond acceptors (Lipinski definition) is 7. The smallest absolute Gasteiger partial charge is 0.305 e. The third kappa shape index (κ3) is 39.8. The van der Waals surface area contributed by atoms with Crippen LogP contribution >= 0.6 is 0 Å². The molecule has 7 heteroatoms. The molecule has 58 heavy (non-hydrogen) atoms. The Morgan fingerprint density at radius 1 is 0.328 bits per heavy atom. The molecule has 0 aliphatic rings. The maximum absolute atomic E-state index is 13.0. The van der Waals surface area contributed by atoms with Crippen LogP contribution in [0.5, 0.6) is 0 Å². The van der Waals surface area contributed by atoms with Gasteiger partial charge in [0.15, 0.2) is 0 Å². The molecule has 0 N–H and O–H groups in total. The van der Waals surface area contributed by atoms with E-state index in [0.29, 0.717) is 25.8 Å². The molecule has 0 heterocycles. The summed E-state index contributed by atoms with van der Waals surface area (Å²) in [6, 6.07) is 0. The first-order valence-electron chi connectivity index (χ1n) is 25.4. The molecular weight excluding hydrogens is 723 g/mol. The first kappa shape index (κ1) is 56.4. The molecule has 7 nitrogen and oxygen atoms in total. The number of unbranched alkanes of at least 4 members (excludes halogenated alkanes) is 32. The molecule has 0 aliphatic carbocycles. The number of ether oxygens (including phenoxy) is 3. The van der Waals surface area contributed by atoms with E-state index in [-0.39, 0.29) is 37.7 Å². The third-order valence-electron chi connectivity index (χ3n) is 11.7. The molecule has 0 aliphatic heterocycles. The van der Waals surface area contributed by atoms with Gasteiger partial charge in [-0.25, -0.2) is 0 Å². The van der Waals surface area contributed by atoms with Crippen LogP contribution in [0.25, 0.3) is 0 Å². The van der Waals surface area contributed by atoms with Crippen molar-refractivity contribution in [3.63, 3.8) is 0 Å². The van der Waals surface area contributed by atoms with Gasteiger partial charge in [-0.1, -0.05) is 226 Å². The van der Waals surface area contributed by atoms with Gasteiger partial charge in [0.1, 0.15) is 19.8 Å². The Kier molecular flexibility index (Phi) is 42.2. The molecule has 0 bridgehead atoms. The molecule has 0 aromatic rings. The van der Waals surface area contributed by atoms with E-state index in [1.807, 2.05) is 19.0 Å². The van der Waals surface area contributed by atoms with Crippen LogP contribution in [0, 0.1) is 5.41 Å². The Hall–Kier alpha value is -1.63. The zero-order valence-electron chi connectivity index (χ0n) is 39.6. The number of esters is 3. The predicted octanol–water partition coefficient (Wildman–Crippen LogP) is 15.0. The fourth-order valence-corrected chi connectivity index (χ4v) is 8.00. The van der Waals surface area contributed by atoms with Crippen LogP contribution in [-0.4, -0.2) is 63.3 Å². The van der Waals surface area contributed by atoms with Gasteiger partial charge in [0.2, 0.25) is 0 Å². The summed E-state index contributed by atoms with van der Waals surface area (Å²) in [5, 5.41) is 0. The summed E-state index contributed by atoms with van der Waals surface area (Å²) in [6.45, 7) is 7.40. The van der Waals surface area contributed by atoms with Gasteiger partial charge in [-0.15, -0.1) is 0 Å². The van der Waals surface area contributed by atoms with Crippen LogP contribution in [0.2, 0.25) is 0 Å². The molecule has 0 saturated carbocycles. The van der Waals surface area contributed by atoms with Crippen molar-refractivity contribution >= 4 is 17.9 Å². The molecule has 0 aromatic carbocycles. The number of rotatable bonds is 46. The Bertz CT molecular complexity index is 869. The van der Waals surface area contributed by atoms with Crippen molar-refractivity contribution in [1.82, 2.24) is 4.90 Å². The Morgan fingerprint density at radius 3 is 0.707 bits per heavy atom. The molecule has 0 spiro atoms. The Morgan fingerprint density at radius 2 is 0.517 bits per heavy atom. The third-order valence-corrected chi connectivity index (χ3v) is 11.7. The minimum Gasteiger partial charge on any atom is -0.465 e. The van der Waals surface area contributed by atoms with E-state index in [2.05, 4.69) is 20.8 Å². The summed E-state index contributed by atoms with van der Waals surface area (Å²) in [5.41, 5.74) is -0.824. The summed E-state index contributed by atoms with van der Waals surface area (Å²) >= 11 is 0. The topological polar surface area (TPSA) is 82.1 Å². The second-order valence-corrected chi connectivity index (χ2v) is 18.3. The van der Waals surface area contributed by atoms with E-state index in [9.17, 15) is 14.4 Å². The Balaban J connectivity index is 4.70. The highest BCUT2D eigenvalue weighted by Gasteiger charge is 2.36. The summed E-state index contributed by atoms with van der Waals surface area (Å²) in [7, 11) is 3.89. The molecule has 0 aromatic heterocycles. The summed E-state index contributed by atoms with van der Waals surface area (Å²) in [4.78, 5) is 40.7. The van der Waals surface area contributed by atoms with Crippen LogP contribution in [0.3, 0.4) is 0 Å². The van der Waals surface area contributed by atoms with Gasteiger partial charge >= 0.3 is 17.9 Å². The standard InChI is InChI=1S/C51H99NO6/c1-6-9-12-15-18-21-22-23-24-25-26-27-28-31-34-37-40-43-50(55)58-47-51(44-52(4)5,45-56-48(53)41-38-35-32-29-19-16-13-10-7-2)46-57-49(54)42-39-36-33-30-20-17-14-11-8-3/h6-47H2,1-5H3. The maximum Gasteiger partial charge on any atom is 0.305 e. The number of carbonyl (C=O) groups excluding carboxylic acids is 3. The summed E-state index contributed by atoms with van der Waals surface area (Å²) in [5.74, 6) is -0.699. The fraction of sp³-hybridized carbons (Fsp3) is 0.941. The number of hydrogen-bond donors (Lipinski definition) is 0. The van der Waals surface area contributed by atoms with Crippen molar-refractivity contribution < 1.29 is 28.6 Å². The lowest BCUT2D eigenvalue weighted by Gasteiger charge is -2.34. The van der Waals surface area contributed by atoms with Crippen molar-refractivity contribution in [2.24, 2.45) is 5.41 Å². The first-order valence-corrected chi connectivity index (χ1v) is 25.4. The zero-order chi connectivity index (χ0) is 42.6. The summed E-state index contributed by atoms with van der Waals surface area (Å²) < 4.78 is 17.6. The molecule has 0 amide bonds. The van der Waals surface area contributed by atoms with E-state index in [4.69, 9.17) is 14.2 Å². The van der Waals surface area contributed by atoms with E-state index in [0.717, 1.165) is 57.8 Å². The molecule has 0 radical (unpaired) electrons. The van der Waals surface area contributed by atoms with Gasteiger partial charge in [0, 0.05) is 25.8 Å². The quantitative estimate of drug-likeness (QED) is 0.0343. The molecule has 344 valence electrons. The number of nitrogens with zero attached hydrogens (tertiary/aromatic N) is 1. The molecule has 0 fully saturated rings. The van der Waals surface area contributed by atoms with Crippen molar-refractivity contribution in [2.45, 2.75) is 265 Å². The van der Waals surface area contributed by atoms with Gasteiger partial charge in [-0.05, 0) is 33.4 Å². The second kappa shape index (κ2) is 43.5. The molecule has 0 unspecified atom stereocenters. The Labute approximate surface area is 361 Å². The molecular formula is C51H99NO6. The van der Waals surface area contributed by atoms with Crippen molar-refractivity contribution in [2.75, 3.05) is 40.5 Å². The largest absolute Gasteiger partial charge is 0.465 e. The van der Waals surface area contributed by atoms with Gasteiger partial charge in [0.25, 0.3) is 0 Å². The lowest BCUT2D eigenvalue weighted by atomic mass is 9.90. The predicted molar refractivity (Wildman–Crippen MR) is 246 cm³/mol. The van der Waals surface area contributed by atoms with Crippen LogP contribution < -0.4 is 0 Å². The molecule has 0 atom stereocenters. The second-order valence-electron chi connectivity index (χ2n) is 18.3. The van der Waals surface area contributed by atoms with Crippen LogP contribution in [-0.2, 0) is 28.6 Å². The van der Waals surface area contributed by atoms with Crippen molar-refractivity contribution in [3.05, 3.63) is 0 Å². The van der Waals surface area contributed by atoms with Gasteiger partial charge in [-0.2, -0.15) is 0 Å². The maximum atomic E-state index is 13.0. The van der Waals surface area contributed by atoms with Crippen molar-refractivity contribution in [1.29, 1.82) is 0 Å². The van der Waals surface area contributed by atoms with Gasteiger partial charge in [-0.3, -0.25) is 14.4 Å². The number of carbonyl (C=O) groups is 3. The van der Waals surface area contributed by atoms with E-state index in [1.165, 1.54) is 167 Å². The zero-order valence-corrected chi connectivity index (χ0v) is 39.6. The SMILES string of the molecule is CCCCCCCCCCCCCCCCCCCC(=O)OCC(COC(=O)CCCCCCCCCCC)(COC(=O)CCCCCCCCCCC)CN(C)C. The highest BCUT2D eigenvalue weighted by Crippen LogP contribution is 2.24.